The smallest absolute Gasteiger partial charge is 0.344 e. The highest BCUT2D eigenvalue weighted by Gasteiger charge is 2.76. The first-order chi connectivity index (χ1) is 10.1. The highest BCUT2D eigenvalue weighted by atomic mass is 19.4. The number of halogens is 6. The van der Waals surface area contributed by atoms with Crippen LogP contribution in [0, 0.1) is 17.3 Å². The molecule has 0 radical (unpaired) electrons. The summed E-state index contributed by atoms with van der Waals surface area (Å²) in [6.07, 6.45) is -8.57. The standard InChI is InChI=1S/C15H23F6N.H3N/c16-14(17,18)13(15(19,20)21,10-4-2-1-3-5-10)11-6-8-12(22)9-7-11;/h10-12H,1-9,22H2;1H3. The number of rotatable bonds is 2. The number of hydrogen-bond acceptors (Lipinski definition) is 2. The second-order valence-corrected chi connectivity index (χ2v) is 6.81. The van der Waals surface area contributed by atoms with Crippen molar-refractivity contribution in [1.29, 1.82) is 0 Å². The lowest BCUT2D eigenvalue weighted by Gasteiger charge is -2.50. The SMILES string of the molecule is N.NC1CCC(C(C2CCCCC2)(C(F)(F)F)C(F)(F)F)CC1. The summed E-state index contributed by atoms with van der Waals surface area (Å²) in [5.74, 6) is -2.74. The molecule has 2 fully saturated rings. The average Bonchev–Trinajstić information content (AvgIpc) is 2.39. The molecule has 8 heteroatoms. The lowest BCUT2D eigenvalue weighted by Crippen LogP contribution is -2.60. The topological polar surface area (TPSA) is 61.0 Å². The van der Waals surface area contributed by atoms with Gasteiger partial charge in [0.1, 0.15) is 0 Å². The normalized spacial score (nSPS) is 28.3. The Bertz CT molecular complexity index is 351. The molecule has 2 saturated carbocycles. The monoisotopic (exact) mass is 348 g/mol. The first-order valence-corrected chi connectivity index (χ1v) is 7.99. The lowest BCUT2D eigenvalue weighted by molar-refractivity contribution is -0.381. The van der Waals surface area contributed by atoms with Crippen LogP contribution in [0.15, 0.2) is 0 Å². The van der Waals surface area contributed by atoms with E-state index in [-0.39, 0.29) is 50.7 Å². The van der Waals surface area contributed by atoms with E-state index in [4.69, 9.17) is 5.73 Å². The van der Waals surface area contributed by atoms with Gasteiger partial charge in [0.15, 0.2) is 5.41 Å². The molecule has 0 heterocycles. The summed E-state index contributed by atoms with van der Waals surface area (Å²) < 4.78 is 82.7. The van der Waals surface area contributed by atoms with E-state index >= 15 is 0 Å². The molecule has 0 aromatic heterocycles. The van der Waals surface area contributed by atoms with Crippen LogP contribution in [0.3, 0.4) is 0 Å². The van der Waals surface area contributed by atoms with E-state index < -0.39 is 29.6 Å². The minimum Gasteiger partial charge on any atom is -0.344 e. The van der Waals surface area contributed by atoms with Crippen molar-refractivity contribution >= 4 is 0 Å². The van der Waals surface area contributed by atoms with Crippen LogP contribution < -0.4 is 11.9 Å². The second-order valence-electron chi connectivity index (χ2n) is 6.81. The van der Waals surface area contributed by atoms with Gasteiger partial charge in [0, 0.05) is 6.04 Å². The molecule has 2 aliphatic carbocycles. The Morgan fingerprint density at radius 2 is 1.00 bits per heavy atom. The summed E-state index contributed by atoms with van der Waals surface area (Å²) >= 11 is 0. The van der Waals surface area contributed by atoms with E-state index in [2.05, 4.69) is 0 Å². The Kier molecular flexibility index (Phi) is 6.40. The Morgan fingerprint density at radius 1 is 0.609 bits per heavy atom. The van der Waals surface area contributed by atoms with Crippen LogP contribution in [0.1, 0.15) is 57.8 Å². The van der Waals surface area contributed by atoms with Crippen LogP contribution >= 0.6 is 0 Å². The van der Waals surface area contributed by atoms with Crippen molar-refractivity contribution in [3.8, 4) is 0 Å². The molecule has 2 nitrogen and oxygen atoms in total. The maximum atomic E-state index is 13.8. The fourth-order valence-electron chi connectivity index (χ4n) is 4.55. The third kappa shape index (κ3) is 3.62. The van der Waals surface area contributed by atoms with E-state index in [9.17, 15) is 26.3 Å². The molecule has 138 valence electrons. The van der Waals surface area contributed by atoms with Gasteiger partial charge in [0.05, 0.1) is 0 Å². The highest BCUT2D eigenvalue weighted by molar-refractivity contribution is 5.04. The van der Waals surface area contributed by atoms with Crippen molar-refractivity contribution in [2.75, 3.05) is 0 Å². The van der Waals surface area contributed by atoms with Gasteiger partial charge in [0.2, 0.25) is 0 Å². The molecule has 0 spiro atoms. The fourth-order valence-corrected chi connectivity index (χ4v) is 4.55. The third-order valence-electron chi connectivity index (χ3n) is 5.60. The van der Waals surface area contributed by atoms with Gasteiger partial charge in [-0.2, -0.15) is 26.3 Å². The molecule has 2 rings (SSSR count). The highest BCUT2D eigenvalue weighted by Crippen LogP contribution is 2.64. The molecule has 0 aromatic carbocycles. The molecule has 0 aromatic rings. The maximum absolute atomic E-state index is 13.8. The summed E-state index contributed by atoms with van der Waals surface area (Å²) in [5, 5.41) is 0. The van der Waals surface area contributed by atoms with Crippen LogP contribution in [-0.2, 0) is 0 Å². The van der Waals surface area contributed by atoms with Crippen LogP contribution in [0.4, 0.5) is 26.3 Å². The van der Waals surface area contributed by atoms with Gasteiger partial charge < -0.3 is 11.9 Å². The second kappa shape index (κ2) is 7.17. The molecule has 0 unspecified atom stereocenters. The van der Waals surface area contributed by atoms with E-state index in [0.717, 1.165) is 6.42 Å². The lowest BCUT2D eigenvalue weighted by atomic mass is 9.57. The zero-order chi connectivity index (χ0) is 16.6. The minimum atomic E-state index is -5.26. The van der Waals surface area contributed by atoms with Gasteiger partial charge in [-0.15, -0.1) is 0 Å². The van der Waals surface area contributed by atoms with Gasteiger partial charge in [-0.25, -0.2) is 0 Å². The maximum Gasteiger partial charge on any atom is 0.403 e. The van der Waals surface area contributed by atoms with E-state index in [1.165, 1.54) is 0 Å². The van der Waals surface area contributed by atoms with Crippen LogP contribution in [-0.4, -0.2) is 18.4 Å². The first kappa shape index (κ1) is 20.5. The third-order valence-corrected chi connectivity index (χ3v) is 5.60. The summed E-state index contributed by atoms with van der Waals surface area (Å²) in [6, 6.07) is -0.276. The first-order valence-electron chi connectivity index (χ1n) is 7.99. The molecule has 2 aliphatic rings. The summed E-state index contributed by atoms with van der Waals surface area (Å²) in [5.41, 5.74) is 2.12. The predicted molar refractivity (Wildman–Crippen MR) is 76.1 cm³/mol. The minimum absolute atomic E-state index is 0. The van der Waals surface area contributed by atoms with Crippen LogP contribution in [0.5, 0.6) is 0 Å². The van der Waals surface area contributed by atoms with Crippen molar-refractivity contribution in [3.63, 3.8) is 0 Å². The van der Waals surface area contributed by atoms with Crippen molar-refractivity contribution in [2.45, 2.75) is 76.2 Å². The number of hydrogen-bond donors (Lipinski definition) is 2. The molecular weight excluding hydrogens is 322 g/mol. The Hall–Kier alpha value is -0.500. The van der Waals surface area contributed by atoms with E-state index in [1.807, 2.05) is 0 Å². The zero-order valence-electron chi connectivity index (χ0n) is 13.1. The molecule has 0 bridgehead atoms. The predicted octanol–water partition coefficient (Wildman–Crippen LogP) is 5.36. The van der Waals surface area contributed by atoms with Gasteiger partial charge in [-0.1, -0.05) is 19.3 Å². The molecule has 23 heavy (non-hydrogen) atoms. The Labute approximate surface area is 132 Å². The van der Waals surface area contributed by atoms with E-state index in [1.54, 1.807) is 0 Å². The zero-order valence-corrected chi connectivity index (χ0v) is 13.1. The van der Waals surface area contributed by atoms with Crippen LogP contribution in [0.25, 0.3) is 0 Å². The van der Waals surface area contributed by atoms with E-state index in [0.29, 0.717) is 12.8 Å². The molecule has 0 amide bonds. The van der Waals surface area contributed by atoms with Crippen LogP contribution in [0.2, 0.25) is 0 Å². The van der Waals surface area contributed by atoms with Crippen molar-refractivity contribution in [1.82, 2.24) is 6.15 Å². The van der Waals surface area contributed by atoms with Gasteiger partial charge >= 0.3 is 12.4 Å². The average molecular weight is 348 g/mol. The largest absolute Gasteiger partial charge is 0.403 e. The summed E-state index contributed by atoms with van der Waals surface area (Å²) in [6.45, 7) is 0. The van der Waals surface area contributed by atoms with Crippen molar-refractivity contribution in [2.24, 2.45) is 23.0 Å². The molecule has 0 aliphatic heterocycles. The Balaban J connectivity index is 0.00000264. The van der Waals surface area contributed by atoms with Crippen molar-refractivity contribution < 1.29 is 26.3 Å². The molecule has 0 saturated heterocycles. The van der Waals surface area contributed by atoms with Gasteiger partial charge in [-0.3, -0.25) is 0 Å². The summed E-state index contributed by atoms with van der Waals surface area (Å²) in [7, 11) is 0. The van der Waals surface area contributed by atoms with Crippen molar-refractivity contribution in [3.05, 3.63) is 0 Å². The Morgan fingerprint density at radius 3 is 1.39 bits per heavy atom. The number of nitrogens with two attached hydrogens (primary N) is 1. The molecule has 5 N–H and O–H groups in total. The number of alkyl halides is 6. The quantitative estimate of drug-likeness (QED) is 0.660. The van der Waals surface area contributed by atoms with Gasteiger partial charge in [-0.05, 0) is 50.4 Å². The molecule has 0 atom stereocenters. The molecular formula is C15H26F6N2. The fraction of sp³-hybridized carbons (Fsp3) is 1.00. The van der Waals surface area contributed by atoms with Gasteiger partial charge in [0.25, 0.3) is 0 Å². The summed E-state index contributed by atoms with van der Waals surface area (Å²) in [4.78, 5) is 0.